The molecule has 0 atom stereocenters. The summed E-state index contributed by atoms with van der Waals surface area (Å²) in [7, 11) is 0. The molecule has 0 unspecified atom stereocenters. The largest absolute Gasteiger partial charge is 0.389 e. The number of nitrogens with zero attached hydrogens (tertiary/aromatic N) is 2. The number of H-pyrrole nitrogens is 1. The molecule has 5 nitrogen and oxygen atoms in total. The Balaban J connectivity index is 2.40. The second-order valence-electron chi connectivity index (χ2n) is 3.12. The van der Waals surface area contributed by atoms with Crippen LogP contribution in [0.5, 0.6) is 0 Å². The lowest BCUT2D eigenvalue weighted by atomic mass is 10.3. The fraction of sp³-hybridized carbons (Fsp3) is 0.625. The molecule has 1 aromatic rings. The number of carbonyl (C=O) groups is 1. The molecule has 0 saturated carbocycles. The Bertz CT molecular complexity index is 360. The standard InChI is InChI=1S/C8H11F3N4O/c1-2-5-12-7(15-14-5)13-6(16)3-4-8(9,10)11/h2-4H2,1H3,(H2,12,13,14,15,16). The lowest BCUT2D eigenvalue weighted by Crippen LogP contribution is -2.17. The van der Waals surface area contributed by atoms with Gasteiger partial charge in [-0.3, -0.25) is 15.2 Å². The minimum Gasteiger partial charge on any atom is -0.293 e. The Morgan fingerprint density at radius 3 is 2.69 bits per heavy atom. The molecule has 0 aliphatic heterocycles. The number of nitrogens with one attached hydrogen (secondary N) is 2. The first kappa shape index (κ1) is 12.5. The molecule has 1 aromatic heterocycles. The Morgan fingerprint density at radius 2 is 2.19 bits per heavy atom. The SMILES string of the molecule is CCc1nc(NC(=O)CCC(F)(F)F)n[nH]1. The average Bonchev–Trinajstić information content (AvgIpc) is 2.61. The van der Waals surface area contributed by atoms with Gasteiger partial charge in [-0.1, -0.05) is 6.92 Å². The van der Waals surface area contributed by atoms with Gasteiger partial charge >= 0.3 is 6.18 Å². The second-order valence-corrected chi connectivity index (χ2v) is 3.12. The summed E-state index contributed by atoms with van der Waals surface area (Å²) in [4.78, 5) is 14.9. The first-order valence-corrected chi connectivity index (χ1v) is 4.68. The van der Waals surface area contributed by atoms with Gasteiger partial charge in [0.2, 0.25) is 11.9 Å². The van der Waals surface area contributed by atoms with Gasteiger partial charge in [-0.15, -0.1) is 5.10 Å². The fourth-order valence-corrected chi connectivity index (χ4v) is 0.952. The van der Waals surface area contributed by atoms with Crippen LogP contribution in [0, 0.1) is 0 Å². The Kier molecular flexibility index (Phi) is 3.86. The molecule has 0 aromatic carbocycles. The molecule has 0 aliphatic rings. The van der Waals surface area contributed by atoms with Gasteiger partial charge < -0.3 is 0 Å². The highest BCUT2D eigenvalue weighted by atomic mass is 19.4. The number of aromatic amines is 1. The van der Waals surface area contributed by atoms with Crippen LogP contribution in [0.4, 0.5) is 19.1 Å². The number of alkyl halides is 3. The normalized spacial score (nSPS) is 11.5. The smallest absolute Gasteiger partial charge is 0.293 e. The molecular formula is C8H11F3N4O. The maximum Gasteiger partial charge on any atom is 0.389 e. The molecule has 8 heteroatoms. The van der Waals surface area contributed by atoms with Gasteiger partial charge in [0.05, 0.1) is 6.42 Å². The predicted molar refractivity (Wildman–Crippen MR) is 49.7 cm³/mol. The van der Waals surface area contributed by atoms with Crippen molar-refractivity contribution in [1.82, 2.24) is 15.2 Å². The molecule has 0 aliphatic carbocycles. The highest BCUT2D eigenvalue weighted by Gasteiger charge is 2.28. The van der Waals surface area contributed by atoms with Crippen molar-refractivity contribution in [2.75, 3.05) is 5.32 Å². The molecular weight excluding hydrogens is 225 g/mol. The number of carbonyl (C=O) groups excluding carboxylic acids is 1. The molecule has 2 N–H and O–H groups in total. The molecule has 1 amide bonds. The lowest BCUT2D eigenvalue weighted by Gasteiger charge is -2.04. The van der Waals surface area contributed by atoms with Crippen molar-refractivity contribution >= 4 is 11.9 Å². The van der Waals surface area contributed by atoms with E-state index in [4.69, 9.17) is 0 Å². The Morgan fingerprint density at radius 1 is 1.50 bits per heavy atom. The predicted octanol–water partition coefficient (Wildman–Crippen LogP) is 1.65. The summed E-state index contributed by atoms with van der Waals surface area (Å²) in [6, 6.07) is 0. The summed E-state index contributed by atoms with van der Waals surface area (Å²) in [5, 5.41) is 8.33. The van der Waals surface area contributed by atoms with Crippen LogP contribution in [0.15, 0.2) is 0 Å². The molecule has 0 fully saturated rings. The monoisotopic (exact) mass is 236 g/mol. The summed E-state index contributed by atoms with van der Waals surface area (Å²) in [6.45, 7) is 1.83. The van der Waals surface area contributed by atoms with E-state index in [1.165, 1.54) is 0 Å². The van der Waals surface area contributed by atoms with E-state index in [0.29, 0.717) is 12.2 Å². The topological polar surface area (TPSA) is 70.7 Å². The maximum absolute atomic E-state index is 11.8. The first-order chi connectivity index (χ1) is 7.40. The minimum atomic E-state index is -4.33. The van der Waals surface area contributed by atoms with Gasteiger partial charge in [0.15, 0.2) is 0 Å². The number of hydrogen-bond acceptors (Lipinski definition) is 3. The summed E-state index contributed by atoms with van der Waals surface area (Å²) >= 11 is 0. The van der Waals surface area contributed by atoms with Gasteiger partial charge in [0, 0.05) is 12.8 Å². The van der Waals surface area contributed by atoms with E-state index < -0.39 is 24.9 Å². The molecule has 0 radical (unpaired) electrons. The highest BCUT2D eigenvalue weighted by molar-refractivity contribution is 5.88. The van der Waals surface area contributed by atoms with Crippen molar-refractivity contribution in [2.24, 2.45) is 0 Å². The number of amides is 1. The van der Waals surface area contributed by atoms with Crippen LogP contribution in [-0.2, 0) is 11.2 Å². The van der Waals surface area contributed by atoms with Crippen LogP contribution >= 0.6 is 0 Å². The van der Waals surface area contributed by atoms with E-state index in [2.05, 4.69) is 20.5 Å². The lowest BCUT2D eigenvalue weighted by molar-refractivity contribution is -0.142. The summed E-state index contributed by atoms with van der Waals surface area (Å²) in [5.41, 5.74) is 0. The molecule has 1 heterocycles. The molecule has 1 rings (SSSR count). The third-order valence-corrected chi connectivity index (χ3v) is 1.75. The van der Waals surface area contributed by atoms with Crippen LogP contribution < -0.4 is 5.32 Å². The minimum absolute atomic E-state index is 0.00373. The zero-order valence-corrected chi connectivity index (χ0v) is 8.56. The number of rotatable bonds is 4. The van der Waals surface area contributed by atoms with Gasteiger partial charge in [0.25, 0.3) is 0 Å². The first-order valence-electron chi connectivity index (χ1n) is 4.68. The van der Waals surface area contributed by atoms with E-state index in [0.717, 1.165) is 0 Å². The highest BCUT2D eigenvalue weighted by Crippen LogP contribution is 2.21. The van der Waals surface area contributed by atoms with Crippen molar-refractivity contribution in [3.63, 3.8) is 0 Å². The van der Waals surface area contributed by atoms with E-state index in [1.807, 2.05) is 6.92 Å². The van der Waals surface area contributed by atoms with Crippen LogP contribution in [0.2, 0.25) is 0 Å². The zero-order valence-electron chi connectivity index (χ0n) is 8.56. The number of hydrogen-bond donors (Lipinski definition) is 2. The molecule has 16 heavy (non-hydrogen) atoms. The van der Waals surface area contributed by atoms with Gasteiger partial charge in [-0.2, -0.15) is 18.2 Å². The van der Waals surface area contributed by atoms with E-state index in [1.54, 1.807) is 0 Å². The van der Waals surface area contributed by atoms with Crippen molar-refractivity contribution in [2.45, 2.75) is 32.4 Å². The molecule has 90 valence electrons. The van der Waals surface area contributed by atoms with Crippen molar-refractivity contribution in [3.8, 4) is 0 Å². The van der Waals surface area contributed by atoms with Crippen molar-refractivity contribution in [3.05, 3.63) is 5.82 Å². The summed E-state index contributed by atoms with van der Waals surface area (Å²) < 4.78 is 35.4. The van der Waals surface area contributed by atoms with Gasteiger partial charge in [-0.05, 0) is 0 Å². The van der Waals surface area contributed by atoms with Crippen LogP contribution in [0.25, 0.3) is 0 Å². The number of aryl methyl sites for hydroxylation is 1. The number of aromatic nitrogens is 3. The van der Waals surface area contributed by atoms with E-state index in [9.17, 15) is 18.0 Å². The number of halogens is 3. The quantitative estimate of drug-likeness (QED) is 0.834. The average molecular weight is 236 g/mol. The second kappa shape index (κ2) is 4.95. The third-order valence-electron chi connectivity index (χ3n) is 1.75. The van der Waals surface area contributed by atoms with Crippen molar-refractivity contribution < 1.29 is 18.0 Å². The Labute approximate surface area is 89.4 Å². The van der Waals surface area contributed by atoms with Crippen LogP contribution in [-0.4, -0.2) is 27.3 Å². The van der Waals surface area contributed by atoms with Crippen LogP contribution in [0.3, 0.4) is 0 Å². The molecule has 0 spiro atoms. The zero-order chi connectivity index (χ0) is 12.2. The number of anilines is 1. The van der Waals surface area contributed by atoms with Crippen molar-refractivity contribution in [1.29, 1.82) is 0 Å². The molecule has 0 saturated heterocycles. The van der Waals surface area contributed by atoms with Gasteiger partial charge in [0.1, 0.15) is 5.82 Å². The molecule has 0 bridgehead atoms. The maximum atomic E-state index is 11.8. The Hall–Kier alpha value is -1.60. The van der Waals surface area contributed by atoms with Crippen LogP contribution in [0.1, 0.15) is 25.6 Å². The van der Waals surface area contributed by atoms with Gasteiger partial charge in [-0.25, -0.2) is 0 Å². The fourth-order valence-electron chi connectivity index (χ4n) is 0.952. The van der Waals surface area contributed by atoms with E-state index in [-0.39, 0.29) is 5.95 Å². The summed E-state index contributed by atoms with van der Waals surface area (Å²) in [6.07, 6.45) is -5.50. The third kappa shape index (κ3) is 4.28. The summed E-state index contributed by atoms with van der Waals surface area (Å²) in [5.74, 6) is -0.186. The van der Waals surface area contributed by atoms with E-state index >= 15 is 0 Å².